The summed E-state index contributed by atoms with van der Waals surface area (Å²) in [7, 11) is 1.65. The number of methoxy groups -OCH3 is 1. The zero-order valence-electron chi connectivity index (χ0n) is 9.33. The predicted octanol–water partition coefficient (Wildman–Crippen LogP) is 3.38. The standard InChI is InChI=1S/C13H15ClO2/c1-16-10-4-5-11-12(8-10)9(3-2-6-14)7-13(11)15/h4-5,8-9H,2-3,6-7H2,1H3/t9-/m0/s1. The van der Waals surface area contributed by atoms with Gasteiger partial charge in [-0.1, -0.05) is 0 Å². The second kappa shape index (κ2) is 4.88. The molecular formula is C13H15ClO2. The smallest absolute Gasteiger partial charge is 0.163 e. The van der Waals surface area contributed by atoms with Crippen LogP contribution in [0.15, 0.2) is 18.2 Å². The van der Waals surface area contributed by atoms with Gasteiger partial charge in [0.2, 0.25) is 0 Å². The fraction of sp³-hybridized carbons (Fsp3) is 0.462. The van der Waals surface area contributed by atoms with Crippen LogP contribution in [0.25, 0.3) is 0 Å². The first kappa shape index (κ1) is 11.5. The fourth-order valence-corrected chi connectivity index (χ4v) is 2.44. The van der Waals surface area contributed by atoms with E-state index in [4.69, 9.17) is 16.3 Å². The van der Waals surface area contributed by atoms with Crippen molar-refractivity contribution in [2.75, 3.05) is 13.0 Å². The van der Waals surface area contributed by atoms with Crippen molar-refractivity contribution in [3.8, 4) is 5.75 Å². The first-order chi connectivity index (χ1) is 7.76. The molecule has 86 valence electrons. The molecule has 2 rings (SSSR count). The normalized spacial score (nSPS) is 18.6. The third-order valence-electron chi connectivity index (χ3n) is 3.12. The third-order valence-corrected chi connectivity index (χ3v) is 3.38. The molecule has 1 atom stereocenters. The molecule has 0 spiro atoms. The molecule has 0 aromatic heterocycles. The Hall–Kier alpha value is -1.02. The number of Topliss-reactive ketones (excluding diaryl/α,β-unsaturated/α-hetero) is 1. The summed E-state index contributed by atoms with van der Waals surface area (Å²) in [4.78, 5) is 11.8. The molecular weight excluding hydrogens is 224 g/mol. The van der Waals surface area contributed by atoms with Crippen LogP contribution in [0.1, 0.15) is 41.1 Å². The first-order valence-corrected chi connectivity index (χ1v) is 6.07. The Morgan fingerprint density at radius 1 is 1.50 bits per heavy atom. The van der Waals surface area contributed by atoms with E-state index in [1.54, 1.807) is 7.11 Å². The quantitative estimate of drug-likeness (QED) is 0.752. The summed E-state index contributed by atoms with van der Waals surface area (Å²) in [6.45, 7) is 0. The highest BCUT2D eigenvalue weighted by molar-refractivity contribution is 6.17. The molecule has 2 nitrogen and oxygen atoms in total. The molecule has 1 aliphatic carbocycles. The number of carbonyl (C=O) groups is 1. The minimum atomic E-state index is 0.247. The van der Waals surface area contributed by atoms with Crippen LogP contribution in [0.2, 0.25) is 0 Å². The summed E-state index contributed by atoms with van der Waals surface area (Å²) in [6.07, 6.45) is 2.56. The average Bonchev–Trinajstić information content (AvgIpc) is 2.63. The average molecular weight is 239 g/mol. The van der Waals surface area contributed by atoms with Gasteiger partial charge in [-0.05, 0) is 42.5 Å². The second-order valence-electron chi connectivity index (χ2n) is 4.11. The Kier molecular flexibility index (Phi) is 3.49. The van der Waals surface area contributed by atoms with Crippen molar-refractivity contribution in [3.63, 3.8) is 0 Å². The minimum absolute atomic E-state index is 0.247. The predicted molar refractivity (Wildman–Crippen MR) is 64.6 cm³/mol. The van der Waals surface area contributed by atoms with Gasteiger partial charge in [-0.3, -0.25) is 4.79 Å². The Morgan fingerprint density at radius 3 is 3.00 bits per heavy atom. The lowest BCUT2D eigenvalue weighted by Crippen LogP contribution is -1.95. The molecule has 0 saturated carbocycles. The van der Waals surface area contributed by atoms with Gasteiger partial charge in [0.05, 0.1) is 7.11 Å². The molecule has 0 fully saturated rings. The SMILES string of the molecule is COc1ccc2c(c1)[C@@H](CCCCl)CC2=O. The lowest BCUT2D eigenvalue weighted by atomic mass is 9.96. The minimum Gasteiger partial charge on any atom is -0.497 e. The van der Waals surface area contributed by atoms with E-state index in [1.807, 2.05) is 18.2 Å². The van der Waals surface area contributed by atoms with Gasteiger partial charge in [0.25, 0.3) is 0 Å². The number of ketones is 1. The molecule has 0 unspecified atom stereocenters. The summed E-state index contributed by atoms with van der Waals surface area (Å²) < 4.78 is 5.19. The van der Waals surface area contributed by atoms with Crippen molar-refractivity contribution in [2.24, 2.45) is 0 Å². The number of halogens is 1. The maximum Gasteiger partial charge on any atom is 0.163 e. The van der Waals surface area contributed by atoms with Gasteiger partial charge in [-0.15, -0.1) is 11.6 Å². The van der Waals surface area contributed by atoms with Crippen molar-refractivity contribution in [2.45, 2.75) is 25.2 Å². The zero-order valence-corrected chi connectivity index (χ0v) is 10.1. The number of benzene rings is 1. The lowest BCUT2D eigenvalue weighted by molar-refractivity contribution is 0.0988. The molecule has 0 N–H and O–H groups in total. The Bertz CT molecular complexity index is 401. The van der Waals surface area contributed by atoms with Gasteiger partial charge < -0.3 is 4.74 Å². The van der Waals surface area contributed by atoms with E-state index < -0.39 is 0 Å². The first-order valence-electron chi connectivity index (χ1n) is 5.53. The molecule has 0 radical (unpaired) electrons. The van der Waals surface area contributed by atoms with E-state index in [2.05, 4.69) is 0 Å². The number of fused-ring (bicyclic) bond motifs is 1. The van der Waals surface area contributed by atoms with Crippen LogP contribution in [0, 0.1) is 0 Å². The molecule has 0 heterocycles. The summed E-state index contributed by atoms with van der Waals surface area (Å²) in [5, 5.41) is 0. The van der Waals surface area contributed by atoms with E-state index >= 15 is 0 Å². The maximum atomic E-state index is 11.8. The van der Waals surface area contributed by atoms with Crippen LogP contribution < -0.4 is 4.74 Å². The van der Waals surface area contributed by atoms with Crippen LogP contribution in [-0.4, -0.2) is 18.8 Å². The van der Waals surface area contributed by atoms with E-state index in [1.165, 1.54) is 0 Å². The van der Waals surface area contributed by atoms with Crippen LogP contribution in [0.5, 0.6) is 5.75 Å². The number of carbonyl (C=O) groups excluding carboxylic acids is 1. The van der Waals surface area contributed by atoms with Gasteiger partial charge in [-0.2, -0.15) is 0 Å². The summed E-state index contributed by atoms with van der Waals surface area (Å²) in [6, 6.07) is 5.71. The summed E-state index contributed by atoms with van der Waals surface area (Å²) in [5.74, 6) is 2.06. The molecule has 1 aromatic rings. The molecule has 0 saturated heterocycles. The third kappa shape index (κ3) is 2.07. The van der Waals surface area contributed by atoms with Crippen LogP contribution in [0.3, 0.4) is 0 Å². The van der Waals surface area contributed by atoms with E-state index in [0.717, 1.165) is 29.7 Å². The number of hydrogen-bond acceptors (Lipinski definition) is 2. The Morgan fingerprint density at radius 2 is 2.31 bits per heavy atom. The zero-order chi connectivity index (χ0) is 11.5. The molecule has 0 bridgehead atoms. The maximum absolute atomic E-state index is 11.8. The van der Waals surface area contributed by atoms with Crippen molar-refractivity contribution in [3.05, 3.63) is 29.3 Å². The van der Waals surface area contributed by atoms with Gasteiger partial charge in [0.15, 0.2) is 5.78 Å². The largest absolute Gasteiger partial charge is 0.497 e. The van der Waals surface area contributed by atoms with E-state index in [0.29, 0.717) is 18.2 Å². The lowest BCUT2D eigenvalue weighted by Gasteiger charge is -2.10. The Balaban J connectivity index is 2.27. The molecule has 16 heavy (non-hydrogen) atoms. The Labute approximate surface area is 101 Å². The monoisotopic (exact) mass is 238 g/mol. The fourth-order valence-electron chi connectivity index (χ4n) is 2.28. The molecule has 3 heteroatoms. The van der Waals surface area contributed by atoms with Crippen LogP contribution in [-0.2, 0) is 0 Å². The number of hydrogen-bond donors (Lipinski definition) is 0. The number of ether oxygens (including phenoxy) is 1. The van der Waals surface area contributed by atoms with E-state index in [-0.39, 0.29) is 5.78 Å². The highest BCUT2D eigenvalue weighted by atomic mass is 35.5. The molecule has 0 amide bonds. The number of rotatable bonds is 4. The van der Waals surface area contributed by atoms with Crippen molar-refractivity contribution < 1.29 is 9.53 Å². The van der Waals surface area contributed by atoms with Gasteiger partial charge >= 0.3 is 0 Å². The molecule has 0 aliphatic heterocycles. The molecule has 1 aliphatic rings. The van der Waals surface area contributed by atoms with Crippen molar-refractivity contribution in [1.82, 2.24) is 0 Å². The molecule has 1 aromatic carbocycles. The highest BCUT2D eigenvalue weighted by Crippen LogP contribution is 2.38. The van der Waals surface area contributed by atoms with Crippen molar-refractivity contribution in [1.29, 1.82) is 0 Å². The van der Waals surface area contributed by atoms with Crippen molar-refractivity contribution >= 4 is 17.4 Å². The topological polar surface area (TPSA) is 26.3 Å². The van der Waals surface area contributed by atoms with Gasteiger partial charge in [0.1, 0.15) is 5.75 Å². The van der Waals surface area contributed by atoms with Gasteiger partial charge in [-0.25, -0.2) is 0 Å². The second-order valence-corrected chi connectivity index (χ2v) is 4.49. The van der Waals surface area contributed by atoms with Crippen LogP contribution in [0.4, 0.5) is 0 Å². The summed E-state index contributed by atoms with van der Waals surface area (Å²) in [5.41, 5.74) is 2.00. The summed E-state index contributed by atoms with van der Waals surface area (Å²) >= 11 is 5.69. The number of alkyl halides is 1. The van der Waals surface area contributed by atoms with E-state index in [9.17, 15) is 4.79 Å². The highest BCUT2D eigenvalue weighted by Gasteiger charge is 2.28. The van der Waals surface area contributed by atoms with Crippen LogP contribution >= 0.6 is 11.6 Å². The van der Waals surface area contributed by atoms with Gasteiger partial charge in [0, 0.05) is 17.9 Å².